The largest absolute Gasteiger partial charge is 0.364 e. The molecule has 0 spiro atoms. The topological polar surface area (TPSA) is 71.5 Å². The lowest BCUT2D eigenvalue weighted by Crippen LogP contribution is -2.39. The van der Waals surface area contributed by atoms with E-state index < -0.39 is 17.7 Å². The first-order valence-corrected chi connectivity index (χ1v) is 13.3. The van der Waals surface area contributed by atoms with Crippen molar-refractivity contribution in [3.8, 4) is 0 Å². The second-order valence-electron chi connectivity index (χ2n) is 10.2. The molecule has 0 aliphatic carbocycles. The van der Waals surface area contributed by atoms with E-state index in [0.717, 1.165) is 34.7 Å². The molecule has 2 amide bonds. The van der Waals surface area contributed by atoms with Gasteiger partial charge in [-0.25, -0.2) is 8.78 Å². The van der Waals surface area contributed by atoms with Gasteiger partial charge >= 0.3 is 0 Å². The van der Waals surface area contributed by atoms with Gasteiger partial charge in [0.05, 0.1) is 0 Å². The van der Waals surface area contributed by atoms with E-state index in [-0.39, 0.29) is 23.3 Å². The van der Waals surface area contributed by atoms with Gasteiger partial charge in [0.1, 0.15) is 5.69 Å². The second-order valence-corrected chi connectivity index (χ2v) is 10.2. The summed E-state index contributed by atoms with van der Waals surface area (Å²) in [5.74, 6) is -0.270. The molecular weight excluding hydrogens is 512 g/mol. The first kappa shape index (κ1) is 27.4. The number of halogens is 2. The zero-order valence-corrected chi connectivity index (χ0v) is 22.4. The minimum Gasteiger partial charge on any atom is -0.364 e. The second kappa shape index (κ2) is 11.5. The van der Waals surface area contributed by atoms with E-state index in [1.54, 1.807) is 11.8 Å². The number of nitrogens with one attached hydrogen (secondary N) is 1. The lowest BCUT2D eigenvalue weighted by molar-refractivity contribution is -0.136. The summed E-state index contributed by atoms with van der Waals surface area (Å²) in [5, 5.41) is 5.00. The van der Waals surface area contributed by atoms with Gasteiger partial charge < -0.3 is 15.0 Å². The first-order chi connectivity index (χ1) is 19.3. The van der Waals surface area contributed by atoms with E-state index in [9.17, 15) is 18.4 Å². The number of hydrogen-bond donors (Lipinski definition) is 1. The molecule has 206 valence electrons. The number of fused-ring (bicyclic) bond motifs is 1. The summed E-state index contributed by atoms with van der Waals surface area (Å²) in [5.41, 5.74) is 1.23. The number of hydrogen-bond acceptors (Lipinski definition) is 4. The van der Waals surface area contributed by atoms with Crippen LogP contribution in [0, 0.1) is 0 Å². The van der Waals surface area contributed by atoms with Crippen molar-refractivity contribution in [1.82, 2.24) is 9.88 Å². The maximum Gasteiger partial charge on any atom is 0.280 e. The van der Waals surface area contributed by atoms with Crippen LogP contribution in [-0.4, -0.2) is 41.9 Å². The van der Waals surface area contributed by atoms with Crippen LogP contribution in [0.3, 0.4) is 0 Å². The van der Waals surface area contributed by atoms with Crippen LogP contribution in [0.1, 0.15) is 59.3 Å². The molecule has 0 radical (unpaired) electrons. The fourth-order valence-corrected chi connectivity index (χ4v) is 5.35. The highest BCUT2D eigenvalue weighted by Gasteiger charge is 2.36. The third kappa shape index (κ3) is 5.45. The summed E-state index contributed by atoms with van der Waals surface area (Å²) in [6.45, 7) is 2.84. The van der Waals surface area contributed by atoms with Gasteiger partial charge in [0.15, 0.2) is 5.60 Å². The molecular formula is C32H31F2N3O3. The maximum absolute atomic E-state index is 13.5. The summed E-state index contributed by atoms with van der Waals surface area (Å²) in [6.07, 6.45) is 0.0480. The Balaban J connectivity index is 1.23. The molecule has 40 heavy (non-hydrogen) atoms. The summed E-state index contributed by atoms with van der Waals surface area (Å²) in [7, 11) is 1.54. The van der Waals surface area contributed by atoms with Crippen molar-refractivity contribution in [3.63, 3.8) is 0 Å². The van der Waals surface area contributed by atoms with Crippen LogP contribution >= 0.6 is 0 Å². The number of anilines is 1. The van der Waals surface area contributed by atoms with Crippen molar-refractivity contribution >= 4 is 28.3 Å². The van der Waals surface area contributed by atoms with Gasteiger partial charge in [0.2, 0.25) is 0 Å². The Bertz CT molecular complexity index is 1510. The minimum atomic E-state index is -2.72. The molecule has 8 heteroatoms. The first-order valence-electron chi connectivity index (χ1n) is 13.3. The molecule has 1 N–H and O–H groups in total. The summed E-state index contributed by atoms with van der Waals surface area (Å²) < 4.78 is 31.7. The third-order valence-corrected chi connectivity index (χ3v) is 7.82. The van der Waals surface area contributed by atoms with Crippen LogP contribution in [-0.2, 0) is 15.1 Å². The van der Waals surface area contributed by atoms with Crippen molar-refractivity contribution in [2.75, 3.05) is 25.5 Å². The summed E-state index contributed by atoms with van der Waals surface area (Å²) in [4.78, 5) is 31.6. The van der Waals surface area contributed by atoms with Crippen molar-refractivity contribution < 1.29 is 23.1 Å². The lowest BCUT2D eigenvalue weighted by atomic mass is 9.88. The van der Waals surface area contributed by atoms with Gasteiger partial charge in [-0.15, -0.1) is 0 Å². The average molecular weight is 544 g/mol. The molecule has 4 aromatic rings. The highest BCUT2D eigenvalue weighted by atomic mass is 19.3. The number of amides is 2. The molecule has 1 saturated heterocycles. The van der Waals surface area contributed by atoms with Crippen molar-refractivity contribution in [1.29, 1.82) is 0 Å². The van der Waals surface area contributed by atoms with Crippen LogP contribution in [0.5, 0.6) is 0 Å². The molecule has 2 heterocycles. The van der Waals surface area contributed by atoms with Crippen LogP contribution in [0.15, 0.2) is 85.1 Å². The van der Waals surface area contributed by atoms with Gasteiger partial charge in [0, 0.05) is 43.2 Å². The number of benzene rings is 3. The summed E-state index contributed by atoms with van der Waals surface area (Å²) in [6, 6.07) is 24.2. The molecule has 1 fully saturated rings. The van der Waals surface area contributed by atoms with E-state index in [2.05, 4.69) is 10.3 Å². The van der Waals surface area contributed by atoms with Crippen LogP contribution in [0.4, 0.5) is 14.5 Å². The van der Waals surface area contributed by atoms with Gasteiger partial charge in [-0.1, -0.05) is 54.6 Å². The van der Waals surface area contributed by atoms with Gasteiger partial charge in [0.25, 0.3) is 18.2 Å². The predicted octanol–water partition coefficient (Wildman–Crippen LogP) is 6.69. The number of carbonyl (C=O) groups excluding carboxylic acids is 2. The monoisotopic (exact) mass is 543 g/mol. The van der Waals surface area contributed by atoms with Gasteiger partial charge in [-0.2, -0.15) is 0 Å². The van der Waals surface area contributed by atoms with E-state index in [0.29, 0.717) is 18.8 Å². The van der Waals surface area contributed by atoms with Gasteiger partial charge in [-0.05, 0) is 66.3 Å². The number of likely N-dealkylation sites (tertiary alicyclic amines) is 1. The molecule has 5 rings (SSSR count). The van der Waals surface area contributed by atoms with Gasteiger partial charge in [-0.3, -0.25) is 14.6 Å². The van der Waals surface area contributed by atoms with E-state index in [1.165, 1.54) is 25.4 Å². The number of alkyl halides is 2. The summed E-state index contributed by atoms with van der Waals surface area (Å²) >= 11 is 0. The standard InChI is InChI=1S/C32H31F2N3O3/c1-32(40-2,27-9-5-7-23-6-3-4-8-26(23)27)31(39)36-25-12-10-21(11-13-25)22-15-18-37(19-16-22)30(38)24-14-17-35-28(20-24)29(33)34/h3-14,17,20,22,29H,15-16,18-19H2,1-2H3,(H,36,39). The number of aromatic nitrogens is 1. The molecule has 1 aliphatic rings. The van der Waals surface area contributed by atoms with Crippen molar-refractivity contribution in [2.45, 2.75) is 37.7 Å². The molecule has 1 unspecified atom stereocenters. The number of rotatable bonds is 7. The molecule has 6 nitrogen and oxygen atoms in total. The fourth-order valence-electron chi connectivity index (χ4n) is 5.35. The molecule has 0 bridgehead atoms. The highest BCUT2D eigenvalue weighted by Crippen LogP contribution is 2.34. The number of carbonyl (C=O) groups is 2. The Hall–Kier alpha value is -4.17. The number of ether oxygens (including phenoxy) is 1. The Morgan fingerprint density at radius 2 is 1.70 bits per heavy atom. The number of methoxy groups -OCH3 is 1. The molecule has 0 saturated carbocycles. The van der Waals surface area contributed by atoms with Crippen LogP contribution < -0.4 is 5.32 Å². The highest BCUT2D eigenvalue weighted by molar-refractivity contribution is 6.01. The smallest absolute Gasteiger partial charge is 0.280 e. The fraction of sp³-hybridized carbons (Fsp3) is 0.281. The Labute approximate surface area is 232 Å². The van der Waals surface area contributed by atoms with E-state index in [1.807, 2.05) is 66.7 Å². The lowest BCUT2D eigenvalue weighted by Gasteiger charge is -2.32. The normalized spacial score (nSPS) is 15.7. The van der Waals surface area contributed by atoms with Crippen molar-refractivity contribution in [3.05, 3.63) is 107 Å². The van der Waals surface area contributed by atoms with E-state index >= 15 is 0 Å². The van der Waals surface area contributed by atoms with Crippen molar-refractivity contribution in [2.24, 2.45) is 0 Å². The number of nitrogens with zero attached hydrogens (tertiary/aromatic N) is 2. The minimum absolute atomic E-state index is 0.232. The molecule has 1 aliphatic heterocycles. The number of piperidine rings is 1. The third-order valence-electron chi connectivity index (χ3n) is 7.82. The molecule has 1 atom stereocenters. The SMILES string of the molecule is COC(C)(C(=O)Nc1ccc(C2CCN(C(=O)c3ccnc(C(F)F)c3)CC2)cc1)c1cccc2ccccc12. The zero-order valence-electron chi connectivity index (χ0n) is 22.4. The Kier molecular flexibility index (Phi) is 7.89. The Morgan fingerprint density at radius 1 is 1.00 bits per heavy atom. The Morgan fingerprint density at radius 3 is 2.40 bits per heavy atom. The number of pyridine rings is 1. The average Bonchev–Trinajstić information content (AvgIpc) is 3.00. The molecule has 1 aromatic heterocycles. The van der Waals surface area contributed by atoms with Crippen LogP contribution in [0.25, 0.3) is 10.8 Å². The van der Waals surface area contributed by atoms with Crippen LogP contribution in [0.2, 0.25) is 0 Å². The maximum atomic E-state index is 13.5. The molecule has 3 aromatic carbocycles. The van der Waals surface area contributed by atoms with E-state index in [4.69, 9.17) is 4.74 Å². The zero-order chi connectivity index (χ0) is 28.3. The quantitative estimate of drug-likeness (QED) is 0.282. The predicted molar refractivity (Wildman–Crippen MR) is 150 cm³/mol.